The lowest BCUT2D eigenvalue weighted by molar-refractivity contribution is -0.384. The summed E-state index contributed by atoms with van der Waals surface area (Å²) in [6.45, 7) is 6.52. The molecule has 166 valence electrons. The van der Waals surface area contributed by atoms with E-state index in [1.807, 2.05) is 20.8 Å². The second kappa shape index (κ2) is 8.75. The van der Waals surface area contributed by atoms with Crippen molar-refractivity contribution in [3.63, 3.8) is 0 Å². The average molecular weight is 429 g/mol. The zero-order valence-corrected chi connectivity index (χ0v) is 18.1. The molecule has 10 heteroatoms. The molecule has 2 amide bonds. The molecule has 0 atom stereocenters. The molecule has 0 N–H and O–H groups in total. The molecule has 0 aliphatic carbocycles. The number of carbonyl (C=O) groups excluding carboxylic acids is 2. The van der Waals surface area contributed by atoms with Crippen molar-refractivity contribution >= 4 is 17.8 Å². The molecule has 10 nitrogen and oxygen atoms in total. The van der Waals surface area contributed by atoms with Gasteiger partial charge in [0.2, 0.25) is 0 Å². The van der Waals surface area contributed by atoms with Crippen LogP contribution in [0.5, 0.6) is 0 Å². The number of piperidine rings is 1. The number of ether oxygens (including phenoxy) is 1. The summed E-state index contributed by atoms with van der Waals surface area (Å²) in [4.78, 5) is 43.2. The molecule has 1 fully saturated rings. The Kier molecular flexibility index (Phi) is 6.28. The minimum Gasteiger partial charge on any atom is -0.444 e. The molecule has 0 bridgehead atoms. The SMILES string of the molecule is CN(C(=O)n1cnc(-c2cccc([N+](=O)[O-])c2)c1)C1CCN(C(=O)OC(C)(C)C)CC1. The second-order valence-corrected chi connectivity index (χ2v) is 8.57. The van der Waals surface area contributed by atoms with Crippen molar-refractivity contribution in [2.24, 2.45) is 0 Å². The molecule has 1 aliphatic heterocycles. The number of hydrogen-bond donors (Lipinski definition) is 0. The fraction of sp³-hybridized carbons (Fsp3) is 0.476. The summed E-state index contributed by atoms with van der Waals surface area (Å²) in [6, 6.07) is 5.85. The van der Waals surface area contributed by atoms with Gasteiger partial charge in [-0.2, -0.15) is 0 Å². The van der Waals surface area contributed by atoms with Crippen LogP contribution in [0.2, 0.25) is 0 Å². The summed E-state index contributed by atoms with van der Waals surface area (Å²) in [5.41, 5.74) is 0.463. The minimum atomic E-state index is -0.543. The average Bonchev–Trinajstić information content (AvgIpc) is 3.22. The van der Waals surface area contributed by atoms with E-state index in [1.54, 1.807) is 35.2 Å². The summed E-state index contributed by atoms with van der Waals surface area (Å²) in [5.74, 6) is 0. The minimum absolute atomic E-state index is 0.0187. The molecule has 2 aromatic rings. The van der Waals surface area contributed by atoms with E-state index in [2.05, 4.69) is 4.98 Å². The summed E-state index contributed by atoms with van der Waals surface area (Å²) < 4.78 is 6.78. The van der Waals surface area contributed by atoms with Gasteiger partial charge in [0.25, 0.3) is 5.69 Å². The van der Waals surface area contributed by atoms with Crippen molar-refractivity contribution in [3.05, 3.63) is 46.9 Å². The van der Waals surface area contributed by atoms with Crippen LogP contribution < -0.4 is 0 Å². The number of carbonyl (C=O) groups is 2. The van der Waals surface area contributed by atoms with Crippen LogP contribution in [0.4, 0.5) is 15.3 Å². The lowest BCUT2D eigenvalue weighted by Crippen LogP contribution is -2.49. The predicted octanol–water partition coefficient (Wildman–Crippen LogP) is 3.76. The Balaban J connectivity index is 1.62. The first kappa shape index (κ1) is 22.3. The Morgan fingerprint density at radius 3 is 2.55 bits per heavy atom. The summed E-state index contributed by atoms with van der Waals surface area (Å²) in [5, 5.41) is 11.0. The zero-order valence-electron chi connectivity index (χ0n) is 18.1. The maximum Gasteiger partial charge on any atom is 0.410 e. The van der Waals surface area contributed by atoms with Crippen LogP contribution >= 0.6 is 0 Å². The molecule has 0 spiro atoms. The van der Waals surface area contributed by atoms with Crippen LogP contribution in [-0.4, -0.2) is 68.2 Å². The summed E-state index contributed by atoms with van der Waals surface area (Å²) in [6.07, 6.45) is 3.93. The van der Waals surface area contributed by atoms with Crippen molar-refractivity contribution in [3.8, 4) is 11.3 Å². The highest BCUT2D eigenvalue weighted by Gasteiger charge is 2.30. The monoisotopic (exact) mass is 429 g/mol. The lowest BCUT2D eigenvalue weighted by atomic mass is 10.0. The maximum absolute atomic E-state index is 12.9. The molecule has 3 rings (SSSR count). The highest BCUT2D eigenvalue weighted by atomic mass is 16.6. The Hall–Kier alpha value is -3.43. The molecule has 1 aliphatic rings. The molecule has 0 saturated carbocycles. The summed E-state index contributed by atoms with van der Waals surface area (Å²) >= 11 is 0. The number of benzene rings is 1. The third kappa shape index (κ3) is 5.39. The van der Waals surface area contributed by atoms with E-state index in [0.29, 0.717) is 37.2 Å². The number of aromatic nitrogens is 2. The van der Waals surface area contributed by atoms with Crippen molar-refractivity contribution in [2.45, 2.75) is 45.3 Å². The van der Waals surface area contributed by atoms with Crippen molar-refractivity contribution < 1.29 is 19.2 Å². The van der Waals surface area contributed by atoms with Gasteiger partial charge in [-0.3, -0.25) is 14.7 Å². The number of imidazole rings is 1. The van der Waals surface area contributed by atoms with Gasteiger partial charge >= 0.3 is 12.1 Å². The van der Waals surface area contributed by atoms with Gasteiger partial charge in [0.05, 0.1) is 10.6 Å². The van der Waals surface area contributed by atoms with Crippen LogP contribution in [0, 0.1) is 10.1 Å². The molecule has 1 saturated heterocycles. The molecular weight excluding hydrogens is 402 g/mol. The third-order valence-electron chi connectivity index (χ3n) is 5.12. The molecule has 0 radical (unpaired) electrons. The normalized spacial score (nSPS) is 14.9. The van der Waals surface area contributed by atoms with Gasteiger partial charge in [-0.1, -0.05) is 12.1 Å². The fourth-order valence-electron chi connectivity index (χ4n) is 3.46. The van der Waals surface area contributed by atoms with Crippen LogP contribution in [-0.2, 0) is 4.74 Å². The van der Waals surface area contributed by atoms with Gasteiger partial charge in [0.1, 0.15) is 11.9 Å². The van der Waals surface area contributed by atoms with Crippen LogP contribution in [0.3, 0.4) is 0 Å². The zero-order chi connectivity index (χ0) is 22.8. The van der Waals surface area contributed by atoms with Gasteiger partial charge in [-0.15, -0.1) is 0 Å². The van der Waals surface area contributed by atoms with Crippen LogP contribution in [0.15, 0.2) is 36.8 Å². The molecule has 0 unspecified atom stereocenters. The van der Waals surface area contributed by atoms with E-state index in [1.165, 1.54) is 23.0 Å². The smallest absolute Gasteiger partial charge is 0.410 e. The Bertz CT molecular complexity index is 973. The number of non-ortho nitro benzene ring substituents is 1. The Labute approximate surface area is 180 Å². The first-order valence-electron chi connectivity index (χ1n) is 10.1. The number of hydrogen-bond acceptors (Lipinski definition) is 6. The number of amides is 2. The van der Waals surface area contributed by atoms with E-state index in [-0.39, 0.29) is 23.9 Å². The topological polar surface area (TPSA) is 111 Å². The number of rotatable bonds is 3. The molecule has 31 heavy (non-hydrogen) atoms. The van der Waals surface area contributed by atoms with Crippen molar-refractivity contribution in [1.29, 1.82) is 0 Å². The first-order valence-corrected chi connectivity index (χ1v) is 10.1. The largest absolute Gasteiger partial charge is 0.444 e. The Morgan fingerprint density at radius 1 is 1.26 bits per heavy atom. The van der Waals surface area contributed by atoms with E-state index < -0.39 is 10.5 Å². The lowest BCUT2D eigenvalue weighted by Gasteiger charge is -2.37. The van der Waals surface area contributed by atoms with Crippen molar-refractivity contribution in [2.75, 3.05) is 20.1 Å². The van der Waals surface area contributed by atoms with Gasteiger partial charge in [0.15, 0.2) is 0 Å². The van der Waals surface area contributed by atoms with E-state index >= 15 is 0 Å². The number of nitro benzene ring substituents is 1. The standard InChI is InChI=1S/C21H27N5O5/c1-21(2,3)31-20(28)24-10-8-16(9-11-24)23(4)19(27)25-13-18(22-14-25)15-6-5-7-17(12-15)26(29)30/h5-7,12-14,16H,8-11H2,1-4H3. The molecular formula is C21H27N5O5. The second-order valence-electron chi connectivity index (χ2n) is 8.57. The van der Waals surface area contributed by atoms with Crippen LogP contribution in [0.25, 0.3) is 11.3 Å². The first-order chi connectivity index (χ1) is 14.5. The highest BCUT2D eigenvalue weighted by molar-refractivity contribution is 5.78. The van der Waals surface area contributed by atoms with E-state index in [4.69, 9.17) is 4.74 Å². The quantitative estimate of drug-likeness (QED) is 0.543. The van der Waals surface area contributed by atoms with Crippen LogP contribution in [0.1, 0.15) is 33.6 Å². The van der Waals surface area contributed by atoms with E-state index in [0.717, 1.165) is 0 Å². The highest BCUT2D eigenvalue weighted by Crippen LogP contribution is 2.23. The van der Waals surface area contributed by atoms with E-state index in [9.17, 15) is 19.7 Å². The molecule has 1 aromatic heterocycles. The number of nitro groups is 1. The molecule has 2 heterocycles. The van der Waals surface area contributed by atoms with Gasteiger partial charge < -0.3 is 14.5 Å². The van der Waals surface area contributed by atoms with Gasteiger partial charge in [-0.05, 0) is 33.6 Å². The van der Waals surface area contributed by atoms with Gasteiger partial charge in [-0.25, -0.2) is 14.6 Å². The Morgan fingerprint density at radius 2 is 1.94 bits per heavy atom. The number of likely N-dealkylation sites (tertiary alicyclic amines) is 1. The third-order valence-corrected chi connectivity index (χ3v) is 5.12. The van der Waals surface area contributed by atoms with Crippen molar-refractivity contribution in [1.82, 2.24) is 19.4 Å². The fourth-order valence-corrected chi connectivity index (χ4v) is 3.46. The maximum atomic E-state index is 12.9. The summed E-state index contributed by atoms with van der Waals surface area (Å²) in [7, 11) is 1.73. The molecule has 1 aromatic carbocycles. The predicted molar refractivity (Wildman–Crippen MR) is 114 cm³/mol. The van der Waals surface area contributed by atoms with Gasteiger partial charge in [0, 0.05) is 50.1 Å². The number of nitrogens with zero attached hydrogens (tertiary/aromatic N) is 5.